The van der Waals surface area contributed by atoms with Gasteiger partial charge in [0.05, 0.1) is 0 Å². The van der Waals surface area contributed by atoms with Crippen molar-refractivity contribution in [1.82, 2.24) is 10.3 Å². The third-order valence-electron chi connectivity index (χ3n) is 2.82. The van der Waals surface area contributed by atoms with Crippen molar-refractivity contribution in [3.8, 4) is 0 Å². The minimum atomic E-state index is -1.08. The number of carboxylic acid groups (broad SMARTS) is 1. The molecule has 1 amide bonds. The summed E-state index contributed by atoms with van der Waals surface area (Å²) < 4.78 is 0. The molecule has 1 aromatic rings. The van der Waals surface area contributed by atoms with E-state index in [0.29, 0.717) is 12.8 Å². The van der Waals surface area contributed by atoms with Gasteiger partial charge in [-0.05, 0) is 24.3 Å². The number of carbonyl (C=O) groups is 2. The lowest BCUT2D eigenvalue weighted by Crippen LogP contribution is -2.41. The lowest BCUT2D eigenvalue weighted by Gasteiger charge is -2.21. The third kappa shape index (κ3) is 5.26. The maximum atomic E-state index is 11.9. The van der Waals surface area contributed by atoms with Crippen molar-refractivity contribution in [2.45, 2.75) is 39.7 Å². The number of hydrogen-bond acceptors (Lipinski definition) is 3. The monoisotopic (exact) mass is 280 g/mol. The second-order valence-corrected chi connectivity index (χ2v) is 5.91. The molecule has 1 unspecified atom stereocenters. The van der Waals surface area contributed by atoms with Crippen molar-refractivity contribution >= 4 is 11.9 Å². The van der Waals surface area contributed by atoms with Crippen molar-refractivity contribution in [3.63, 3.8) is 0 Å². The van der Waals surface area contributed by atoms with E-state index in [1.165, 1.54) is 12.3 Å². The summed E-state index contributed by atoms with van der Waals surface area (Å²) in [6.07, 6.45) is 2.36. The minimum absolute atomic E-state index is 0.0116. The van der Waals surface area contributed by atoms with Crippen LogP contribution in [0.25, 0.3) is 0 Å². The Morgan fingerprint density at radius 3 is 2.55 bits per heavy atom. The van der Waals surface area contributed by atoms with Gasteiger partial charge in [-0.3, -0.25) is 9.59 Å². The highest BCUT2D eigenvalue weighted by Gasteiger charge is 2.23. The van der Waals surface area contributed by atoms with Gasteiger partial charge in [0.15, 0.2) is 0 Å². The van der Waals surface area contributed by atoms with Crippen LogP contribution in [0.1, 0.15) is 44.0 Å². The van der Waals surface area contributed by atoms with E-state index in [4.69, 9.17) is 5.11 Å². The fourth-order valence-corrected chi connectivity index (χ4v) is 1.66. The van der Waals surface area contributed by atoms with Crippen LogP contribution in [0.3, 0.4) is 0 Å². The molecule has 0 aliphatic rings. The number of aromatic amines is 1. The SMILES string of the molecule is CC(C)(C)CCC(NC(=O)c1cc[nH]c(=O)c1)C(=O)O. The van der Waals surface area contributed by atoms with E-state index in [1.807, 2.05) is 20.8 Å². The first-order valence-corrected chi connectivity index (χ1v) is 6.41. The number of H-pyrrole nitrogens is 1. The molecule has 6 heteroatoms. The maximum Gasteiger partial charge on any atom is 0.326 e. The number of pyridine rings is 1. The number of aromatic nitrogens is 1. The molecule has 3 N–H and O–H groups in total. The maximum absolute atomic E-state index is 11.9. The highest BCUT2D eigenvalue weighted by Crippen LogP contribution is 2.21. The smallest absolute Gasteiger partial charge is 0.326 e. The first-order chi connectivity index (χ1) is 9.19. The molecule has 0 fully saturated rings. The molecule has 0 aliphatic carbocycles. The van der Waals surface area contributed by atoms with Crippen molar-refractivity contribution < 1.29 is 14.7 Å². The van der Waals surface area contributed by atoms with Crippen molar-refractivity contribution in [3.05, 3.63) is 34.2 Å². The Hall–Kier alpha value is -2.11. The van der Waals surface area contributed by atoms with Crippen molar-refractivity contribution in [1.29, 1.82) is 0 Å². The van der Waals surface area contributed by atoms with E-state index in [0.717, 1.165) is 6.07 Å². The van der Waals surface area contributed by atoms with E-state index in [9.17, 15) is 14.4 Å². The molecule has 20 heavy (non-hydrogen) atoms. The molecule has 0 bridgehead atoms. The summed E-state index contributed by atoms with van der Waals surface area (Å²) in [4.78, 5) is 36.6. The van der Waals surface area contributed by atoms with Crippen LogP contribution >= 0.6 is 0 Å². The molecule has 1 rings (SSSR count). The van der Waals surface area contributed by atoms with Crippen LogP contribution < -0.4 is 10.9 Å². The van der Waals surface area contributed by atoms with Gasteiger partial charge in [-0.25, -0.2) is 4.79 Å². The van der Waals surface area contributed by atoms with Crippen LogP contribution in [0.4, 0.5) is 0 Å². The largest absolute Gasteiger partial charge is 0.480 e. The van der Waals surface area contributed by atoms with Gasteiger partial charge in [-0.2, -0.15) is 0 Å². The Balaban J connectivity index is 2.73. The number of carbonyl (C=O) groups excluding carboxylic acids is 1. The second-order valence-electron chi connectivity index (χ2n) is 5.91. The topological polar surface area (TPSA) is 99.3 Å². The molecule has 0 radical (unpaired) electrons. The summed E-state index contributed by atoms with van der Waals surface area (Å²) in [5.41, 5.74) is -0.266. The lowest BCUT2D eigenvalue weighted by atomic mass is 9.88. The van der Waals surface area contributed by atoms with Gasteiger partial charge in [0.25, 0.3) is 5.91 Å². The van der Waals surface area contributed by atoms with Gasteiger partial charge in [-0.1, -0.05) is 20.8 Å². The molecule has 0 saturated carbocycles. The van der Waals surface area contributed by atoms with Gasteiger partial charge in [0, 0.05) is 17.8 Å². The van der Waals surface area contributed by atoms with E-state index >= 15 is 0 Å². The summed E-state index contributed by atoms with van der Waals surface area (Å²) >= 11 is 0. The average molecular weight is 280 g/mol. The van der Waals surface area contributed by atoms with Crippen LogP contribution in [-0.2, 0) is 4.79 Å². The molecule has 0 aromatic carbocycles. The number of rotatable bonds is 5. The Morgan fingerprint density at radius 1 is 1.40 bits per heavy atom. The Bertz CT molecular complexity index is 543. The predicted molar refractivity (Wildman–Crippen MR) is 74.6 cm³/mol. The normalized spacial score (nSPS) is 12.8. The highest BCUT2D eigenvalue weighted by molar-refractivity contribution is 5.96. The summed E-state index contributed by atoms with van der Waals surface area (Å²) in [6, 6.07) is 1.61. The van der Waals surface area contributed by atoms with Crippen LogP contribution in [0.15, 0.2) is 23.1 Å². The minimum Gasteiger partial charge on any atom is -0.480 e. The number of carboxylic acids is 1. The predicted octanol–water partition coefficient (Wildman–Crippen LogP) is 1.38. The molecule has 1 heterocycles. The Kier molecular flexibility index (Phi) is 5.07. The van der Waals surface area contributed by atoms with E-state index in [-0.39, 0.29) is 11.0 Å². The Morgan fingerprint density at radius 2 is 2.05 bits per heavy atom. The van der Waals surface area contributed by atoms with Crippen molar-refractivity contribution in [2.24, 2.45) is 5.41 Å². The number of hydrogen-bond donors (Lipinski definition) is 3. The van der Waals surface area contributed by atoms with Gasteiger partial charge in [-0.15, -0.1) is 0 Å². The van der Waals surface area contributed by atoms with E-state index in [1.54, 1.807) is 0 Å². The third-order valence-corrected chi connectivity index (χ3v) is 2.82. The molecule has 0 spiro atoms. The van der Waals surface area contributed by atoms with Crippen LogP contribution in [-0.4, -0.2) is 28.0 Å². The summed E-state index contributed by atoms with van der Waals surface area (Å²) in [6.45, 7) is 6.01. The molecule has 6 nitrogen and oxygen atoms in total. The molecule has 0 saturated heterocycles. The van der Waals surface area contributed by atoms with Gasteiger partial charge >= 0.3 is 5.97 Å². The van der Waals surface area contributed by atoms with Gasteiger partial charge in [0.2, 0.25) is 5.56 Å². The Labute approximate surface area is 117 Å². The van der Waals surface area contributed by atoms with Crippen molar-refractivity contribution in [2.75, 3.05) is 0 Å². The first-order valence-electron chi connectivity index (χ1n) is 6.41. The summed E-state index contributed by atoms with van der Waals surface area (Å²) in [5, 5.41) is 11.6. The number of aliphatic carboxylic acids is 1. The zero-order chi connectivity index (χ0) is 15.3. The highest BCUT2D eigenvalue weighted by atomic mass is 16.4. The first kappa shape index (κ1) is 15.9. The van der Waals surface area contributed by atoms with E-state index < -0.39 is 23.5 Å². The average Bonchev–Trinajstić information content (AvgIpc) is 2.32. The van der Waals surface area contributed by atoms with Gasteiger partial charge in [0.1, 0.15) is 6.04 Å². The molecule has 1 aromatic heterocycles. The fourth-order valence-electron chi connectivity index (χ4n) is 1.66. The van der Waals surface area contributed by atoms with Crippen LogP contribution in [0.2, 0.25) is 0 Å². The second kappa shape index (κ2) is 6.36. The quantitative estimate of drug-likeness (QED) is 0.758. The zero-order valence-electron chi connectivity index (χ0n) is 11.9. The zero-order valence-corrected chi connectivity index (χ0v) is 11.9. The molecule has 110 valence electrons. The van der Waals surface area contributed by atoms with Gasteiger partial charge < -0.3 is 15.4 Å². The fraction of sp³-hybridized carbons (Fsp3) is 0.500. The molecular formula is C14H20N2O4. The standard InChI is InChI=1S/C14H20N2O4/c1-14(2,3)6-4-10(13(19)20)16-12(18)9-5-7-15-11(17)8-9/h5,7-8,10H,4,6H2,1-3H3,(H,15,17)(H,16,18)(H,19,20). The molecule has 1 atom stereocenters. The van der Waals surface area contributed by atoms with Crippen LogP contribution in [0, 0.1) is 5.41 Å². The molecule has 0 aliphatic heterocycles. The van der Waals surface area contributed by atoms with E-state index in [2.05, 4.69) is 10.3 Å². The van der Waals surface area contributed by atoms with Crippen LogP contribution in [0.5, 0.6) is 0 Å². The number of amides is 1. The molecular weight excluding hydrogens is 260 g/mol. The number of nitrogens with one attached hydrogen (secondary N) is 2. The lowest BCUT2D eigenvalue weighted by molar-refractivity contribution is -0.139. The summed E-state index contributed by atoms with van der Waals surface area (Å²) in [5.74, 6) is -1.63. The summed E-state index contributed by atoms with van der Waals surface area (Å²) in [7, 11) is 0.